The van der Waals surface area contributed by atoms with E-state index in [1.165, 1.54) is 0 Å². The molecule has 0 heterocycles. The molecule has 0 saturated heterocycles. The van der Waals surface area contributed by atoms with Crippen molar-refractivity contribution in [3.8, 4) is 12.1 Å². The first-order chi connectivity index (χ1) is 8.20. The molecule has 1 rings (SSSR count). The van der Waals surface area contributed by atoms with Crippen LogP contribution in [0.1, 0.15) is 17.3 Å². The first kappa shape index (κ1) is 12.9. The Kier molecular flexibility index (Phi) is 4.87. The maximum Gasteiger partial charge on any atom is 0.179 e. The van der Waals surface area contributed by atoms with Gasteiger partial charge >= 0.3 is 0 Å². The highest BCUT2D eigenvalue weighted by Gasteiger charge is 2.21. The summed E-state index contributed by atoms with van der Waals surface area (Å²) in [6.45, 7) is 1.87. The van der Waals surface area contributed by atoms with Gasteiger partial charge in [0.25, 0.3) is 0 Å². The molecule has 1 atom stereocenters. The van der Waals surface area contributed by atoms with E-state index >= 15 is 0 Å². The number of hydrogen-bond acceptors (Lipinski definition) is 4. The van der Waals surface area contributed by atoms with Crippen LogP contribution in [-0.2, 0) is 0 Å². The lowest BCUT2D eigenvalue weighted by Crippen LogP contribution is -2.39. The molecule has 0 aliphatic rings. The summed E-state index contributed by atoms with van der Waals surface area (Å²) in [4.78, 5) is 13.6. The number of nitrogens with zero attached hydrogens (tertiary/aromatic N) is 3. The average molecular weight is 227 g/mol. The van der Waals surface area contributed by atoms with Crippen molar-refractivity contribution in [2.75, 3.05) is 13.1 Å². The Hall–Kier alpha value is -2.17. The normalized spacial score (nSPS) is 11.5. The average Bonchev–Trinajstić information content (AvgIpc) is 2.38. The van der Waals surface area contributed by atoms with E-state index < -0.39 is 6.04 Å². The maximum absolute atomic E-state index is 12.1. The smallest absolute Gasteiger partial charge is 0.179 e. The number of carbonyl (C=O) groups excluding carboxylic acids is 1. The van der Waals surface area contributed by atoms with Crippen LogP contribution in [0, 0.1) is 22.7 Å². The zero-order valence-electron chi connectivity index (χ0n) is 9.63. The van der Waals surface area contributed by atoms with E-state index in [0.717, 1.165) is 0 Å². The summed E-state index contributed by atoms with van der Waals surface area (Å²) in [7, 11) is 0. The van der Waals surface area contributed by atoms with Gasteiger partial charge in [-0.05, 0) is 6.92 Å². The van der Waals surface area contributed by atoms with Crippen molar-refractivity contribution in [2.24, 2.45) is 0 Å². The Morgan fingerprint density at radius 2 is 1.76 bits per heavy atom. The molecule has 0 aliphatic heterocycles. The van der Waals surface area contributed by atoms with E-state index in [2.05, 4.69) is 0 Å². The van der Waals surface area contributed by atoms with Gasteiger partial charge in [0.2, 0.25) is 0 Å². The van der Waals surface area contributed by atoms with Crippen LogP contribution in [0.15, 0.2) is 30.3 Å². The largest absolute Gasteiger partial charge is 0.292 e. The van der Waals surface area contributed by atoms with Crippen LogP contribution in [0.2, 0.25) is 0 Å². The number of nitriles is 2. The summed E-state index contributed by atoms with van der Waals surface area (Å²) >= 11 is 0. The van der Waals surface area contributed by atoms with Crippen LogP contribution in [-0.4, -0.2) is 29.8 Å². The molecule has 0 aliphatic carbocycles. The second-order valence-electron chi connectivity index (χ2n) is 3.63. The van der Waals surface area contributed by atoms with Gasteiger partial charge in [-0.2, -0.15) is 10.5 Å². The predicted octanol–water partition coefficient (Wildman–Crippen LogP) is 1.61. The summed E-state index contributed by atoms with van der Waals surface area (Å²) in [5.41, 5.74) is 0.598. The minimum atomic E-state index is -0.461. The topological polar surface area (TPSA) is 67.9 Å². The number of carbonyl (C=O) groups is 1. The van der Waals surface area contributed by atoms with Crippen molar-refractivity contribution < 1.29 is 4.79 Å². The Morgan fingerprint density at radius 3 is 2.24 bits per heavy atom. The molecule has 0 radical (unpaired) electrons. The molecular weight excluding hydrogens is 214 g/mol. The highest BCUT2D eigenvalue weighted by atomic mass is 16.1. The SMILES string of the molecule is CC(C(=O)c1ccccc1)N(CC#N)CC#N. The van der Waals surface area contributed by atoms with Crippen LogP contribution in [0.25, 0.3) is 0 Å². The van der Waals surface area contributed by atoms with Gasteiger partial charge in [0.15, 0.2) is 5.78 Å². The summed E-state index contributed by atoms with van der Waals surface area (Å²) in [6, 6.07) is 12.3. The molecule has 0 bridgehead atoms. The fourth-order valence-electron chi connectivity index (χ4n) is 1.52. The molecule has 1 unspecified atom stereocenters. The van der Waals surface area contributed by atoms with Crippen LogP contribution < -0.4 is 0 Å². The van der Waals surface area contributed by atoms with Gasteiger partial charge in [0.05, 0.1) is 31.3 Å². The molecule has 1 aromatic carbocycles. The number of rotatable bonds is 5. The number of ketones is 1. The zero-order chi connectivity index (χ0) is 12.7. The molecule has 0 saturated carbocycles. The van der Waals surface area contributed by atoms with Gasteiger partial charge in [0.1, 0.15) is 0 Å². The van der Waals surface area contributed by atoms with Crippen molar-refractivity contribution in [3.05, 3.63) is 35.9 Å². The summed E-state index contributed by atoms with van der Waals surface area (Å²) in [6.07, 6.45) is 0. The molecule has 4 nitrogen and oxygen atoms in total. The quantitative estimate of drug-likeness (QED) is 0.566. The third-order valence-corrected chi connectivity index (χ3v) is 2.53. The first-order valence-electron chi connectivity index (χ1n) is 5.28. The zero-order valence-corrected chi connectivity index (χ0v) is 9.63. The standard InChI is InChI=1S/C13H13N3O/c1-11(16(9-7-14)10-8-15)13(17)12-5-3-2-4-6-12/h2-6,11H,9-10H2,1H3. The first-order valence-corrected chi connectivity index (χ1v) is 5.28. The Balaban J connectivity index is 2.82. The lowest BCUT2D eigenvalue weighted by molar-refractivity contribution is 0.0868. The van der Waals surface area contributed by atoms with E-state index in [-0.39, 0.29) is 18.9 Å². The highest BCUT2D eigenvalue weighted by Crippen LogP contribution is 2.08. The summed E-state index contributed by atoms with van der Waals surface area (Å²) in [5.74, 6) is -0.0731. The van der Waals surface area contributed by atoms with Gasteiger partial charge in [-0.3, -0.25) is 9.69 Å². The van der Waals surface area contributed by atoms with Crippen LogP contribution in [0.5, 0.6) is 0 Å². The molecule has 86 valence electrons. The fourth-order valence-corrected chi connectivity index (χ4v) is 1.52. The molecule has 0 amide bonds. The number of benzene rings is 1. The molecule has 4 heteroatoms. The van der Waals surface area contributed by atoms with Crippen molar-refractivity contribution in [1.29, 1.82) is 10.5 Å². The van der Waals surface area contributed by atoms with E-state index in [9.17, 15) is 4.79 Å². The summed E-state index contributed by atoms with van der Waals surface area (Å²) in [5, 5.41) is 17.3. The third kappa shape index (κ3) is 3.41. The van der Waals surface area contributed by atoms with Gasteiger partial charge < -0.3 is 0 Å². The lowest BCUT2D eigenvalue weighted by Gasteiger charge is -2.22. The van der Waals surface area contributed by atoms with E-state index in [0.29, 0.717) is 5.56 Å². The Morgan fingerprint density at radius 1 is 1.24 bits per heavy atom. The van der Waals surface area contributed by atoms with Gasteiger partial charge in [-0.25, -0.2) is 0 Å². The van der Waals surface area contributed by atoms with Gasteiger partial charge in [-0.15, -0.1) is 0 Å². The second-order valence-corrected chi connectivity index (χ2v) is 3.63. The Bertz CT molecular complexity index is 440. The number of hydrogen-bond donors (Lipinski definition) is 0. The van der Waals surface area contributed by atoms with Crippen LogP contribution in [0.3, 0.4) is 0 Å². The lowest BCUT2D eigenvalue weighted by atomic mass is 10.0. The molecule has 0 fully saturated rings. The molecule has 0 spiro atoms. The second kappa shape index (κ2) is 6.42. The monoisotopic (exact) mass is 227 g/mol. The van der Waals surface area contributed by atoms with E-state index in [1.54, 1.807) is 36.1 Å². The van der Waals surface area contributed by atoms with Gasteiger partial charge in [0, 0.05) is 5.56 Å². The minimum absolute atomic E-state index is 0.0731. The van der Waals surface area contributed by atoms with Crippen molar-refractivity contribution in [2.45, 2.75) is 13.0 Å². The molecule has 1 aromatic rings. The van der Waals surface area contributed by atoms with Crippen molar-refractivity contribution in [1.82, 2.24) is 4.90 Å². The van der Waals surface area contributed by atoms with Crippen LogP contribution in [0.4, 0.5) is 0 Å². The van der Waals surface area contributed by atoms with E-state index in [4.69, 9.17) is 10.5 Å². The van der Waals surface area contributed by atoms with Gasteiger partial charge in [-0.1, -0.05) is 30.3 Å². The summed E-state index contributed by atoms with van der Waals surface area (Å²) < 4.78 is 0. The van der Waals surface area contributed by atoms with Crippen molar-refractivity contribution >= 4 is 5.78 Å². The van der Waals surface area contributed by atoms with Crippen LogP contribution >= 0.6 is 0 Å². The maximum atomic E-state index is 12.1. The number of Topliss-reactive ketones (excluding diaryl/α,β-unsaturated/α-hetero) is 1. The Labute approximate surface area is 101 Å². The third-order valence-electron chi connectivity index (χ3n) is 2.53. The molecule has 0 N–H and O–H groups in total. The molecule has 17 heavy (non-hydrogen) atoms. The minimum Gasteiger partial charge on any atom is -0.292 e. The molecule has 0 aromatic heterocycles. The van der Waals surface area contributed by atoms with E-state index in [1.807, 2.05) is 18.2 Å². The molecular formula is C13H13N3O. The predicted molar refractivity (Wildman–Crippen MR) is 63.0 cm³/mol. The highest BCUT2D eigenvalue weighted by molar-refractivity contribution is 5.99. The van der Waals surface area contributed by atoms with Crippen molar-refractivity contribution in [3.63, 3.8) is 0 Å². The fraction of sp³-hybridized carbons (Fsp3) is 0.308.